The maximum atomic E-state index is 12.4. The van der Waals surface area contributed by atoms with E-state index in [-0.39, 0.29) is 5.78 Å². The normalized spacial score (nSPS) is 12.5. The van der Waals surface area contributed by atoms with E-state index in [0.717, 1.165) is 17.3 Å². The molecule has 19 heavy (non-hydrogen) atoms. The number of nitrogens with zero attached hydrogens (tertiary/aromatic N) is 1. The minimum Gasteiger partial charge on any atom is -0.385 e. The van der Waals surface area contributed by atoms with Crippen molar-refractivity contribution in [3.8, 4) is 0 Å². The van der Waals surface area contributed by atoms with Gasteiger partial charge in [0.1, 0.15) is 0 Å². The maximum Gasteiger partial charge on any atom is 0.180 e. The number of benzene rings is 1. The first-order chi connectivity index (χ1) is 9.24. The fourth-order valence-electron chi connectivity index (χ4n) is 2.10. The maximum absolute atomic E-state index is 12.4. The molecule has 2 N–H and O–H groups in total. The Morgan fingerprint density at radius 1 is 1.37 bits per heavy atom. The van der Waals surface area contributed by atoms with E-state index < -0.39 is 6.04 Å². The minimum atomic E-state index is -0.485. The van der Waals surface area contributed by atoms with Gasteiger partial charge < -0.3 is 10.5 Å². The first-order valence-corrected chi connectivity index (χ1v) is 6.36. The van der Waals surface area contributed by atoms with Crippen LogP contribution in [0.2, 0.25) is 0 Å². The predicted molar refractivity (Wildman–Crippen MR) is 75.2 cm³/mol. The molecule has 1 aromatic carbocycles. The molecular formula is C15H18N2O2. The van der Waals surface area contributed by atoms with Crippen molar-refractivity contribution in [2.75, 3.05) is 13.7 Å². The molecule has 1 atom stereocenters. The third-order valence-corrected chi connectivity index (χ3v) is 3.11. The van der Waals surface area contributed by atoms with Crippen molar-refractivity contribution in [1.82, 2.24) is 4.98 Å². The lowest BCUT2D eigenvalue weighted by molar-refractivity contribution is 0.0952. The number of hydrogen-bond donors (Lipinski definition) is 1. The number of methoxy groups -OCH3 is 1. The zero-order valence-electron chi connectivity index (χ0n) is 11.0. The summed E-state index contributed by atoms with van der Waals surface area (Å²) in [6.07, 6.45) is 3.13. The lowest BCUT2D eigenvalue weighted by Crippen LogP contribution is -2.30. The quantitative estimate of drug-likeness (QED) is 0.637. The van der Waals surface area contributed by atoms with Crippen LogP contribution in [-0.2, 0) is 4.74 Å². The molecule has 0 aliphatic rings. The van der Waals surface area contributed by atoms with E-state index in [1.807, 2.05) is 30.3 Å². The minimum absolute atomic E-state index is 0.0327. The lowest BCUT2D eigenvalue weighted by Gasteiger charge is -2.11. The third kappa shape index (κ3) is 3.16. The van der Waals surface area contributed by atoms with E-state index in [2.05, 4.69) is 4.98 Å². The molecule has 2 rings (SSSR count). The van der Waals surface area contributed by atoms with Gasteiger partial charge in [-0.15, -0.1) is 0 Å². The number of ketones is 1. The molecule has 1 aromatic heterocycles. The van der Waals surface area contributed by atoms with E-state index in [4.69, 9.17) is 10.5 Å². The molecule has 0 saturated carbocycles. The van der Waals surface area contributed by atoms with Crippen molar-refractivity contribution in [2.45, 2.75) is 18.9 Å². The van der Waals surface area contributed by atoms with Crippen LogP contribution in [0.5, 0.6) is 0 Å². The molecule has 1 unspecified atom stereocenters. The molecular weight excluding hydrogens is 240 g/mol. The summed E-state index contributed by atoms with van der Waals surface area (Å²) in [6, 6.07) is 8.78. The van der Waals surface area contributed by atoms with Crippen molar-refractivity contribution in [1.29, 1.82) is 0 Å². The van der Waals surface area contributed by atoms with E-state index in [0.29, 0.717) is 18.6 Å². The van der Waals surface area contributed by atoms with Crippen LogP contribution in [0.15, 0.2) is 36.5 Å². The Morgan fingerprint density at radius 3 is 3.00 bits per heavy atom. The van der Waals surface area contributed by atoms with Gasteiger partial charge in [0.15, 0.2) is 5.78 Å². The van der Waals surface area contributed by atoms with Crippen LogP contribution in [0.25, 0.3) is 10.9 Å². The van der Waals surface area contributed by atoms with Crippen molar-refractivity contribution in [3.63, 3.8) is 0 Å². The number of rotatable bonds is 6. The Hall–Kier alpha value is -1.78. The summed E-state index contributed by atoms with van der Waals surface area (Å²) < 4.78 is 4.97. The number of pyridine rings is 1. The topological polar surface area (TPSA) is 65.2 Å². The highest BCUT2D eigenvalue weighted by molar-refractivity contribution is 6.09. The lowest BCUT2D eigenvalue weighted by atomic mass is 9.97. The van der Waals surface area contributed by atoms with Crippen LogP contribution in [0.3, 0.4) is 0 Å². The van der Waals surface area contributed by atoms with Crippen LogP contribution >= 0.6 is 0 Å². The van der Waals surface area contributed by atoms with Gasteiger partial charge in [0.2, 0.25) is 0 Å². The number of Topliss-reactive ketones (excluding diaryl/α,β-unsaturated/α-hetero) is 1. The molecule has 0 aliphatic heterocycles. The Morgan fingerprint density at radius 2 is 2.21 bits per heavy atom. The van der Waals surface area contributed by atoms with E-state index in [9.17, 15) is 4.79 Å². The molecule has 4 heteroatoms. The highest BCUT2D eigenvalue weighted by Gasteiger charge is 2.17. The Balaban J connectivity index is 2.21. The van der Waals surface area contributed by atoms with Gasteiger partial charge in [0.05, 0.1) is 11.6 Å². The molecule has 1 heterocycles. The average molecular weight is 258 g/mol. The van der Waals surface area contributed by atoms with Crippen molar-refractivity contribution in [3.05, 3.63) is 42.1 Å². The summed E-state index contributed by atoms with van der Waals surface area (Å²) in [5.41, 5.74) is 7.42. The van der Waals surface area contributed by atoms with Gasteiger partial charge in [-0.3, -0.25) is 9.78 Å². The second-order valence-electron chi connectivity index (χ2n) is 4.48. The molecule has 2 aromatic rings. The SMILES string of the molecule is COCCCC(N)C(=O)c1cccc2ncccc12. The van der Waals surface area contributed by atoms with Crippen molar-refractivity contribution in [2.24, 2.45) is 5.73 Å². The van der Waals surface area contributed by atoms with Crippen LogP contribution < -0.4 is 5.73 Å². The number of carbonyl (C=O) groups excluding carboxylic acids is 1. The zero-order valence-corrected chi connectivity index (χ0v) is 11.0. The average Bonchev–Trinajstić information content (AvgIpc) is 2.46. The second-order valence-corrected chi connectivity index (χ2v) is 4.48. The molecule has 0 amide bonds. The Bertz CT molecular complexity index is 564. The number of hydrogen-bond acceptors (Lipinski definition) is 4. The Kier molecular flexibility index (Phi) is 4.60. The van der Waals surface area contributed by atoms with Gasteiger partial charge in [0.25, 0.3) is 0 Å². The summed E-state index contributed by atoms with van der Waals surface area (Å²) in [5.74, 6) is -0.0327. The molecule has 0 saturated heterocycles. The molecule has 0 aliphatic carbocycles. The van der Waals surface area contributed by atoms with Crippen LogP contribution in [0.1, 0.15) is 23.2 Å². The molecule has 0 bridgehead atoms. The van der Waals surface area contributed by atoms with Gasteiger partial charge in [-0.2, -0.15) is 0 Å². The van der Waals surface area contributed by atoms with Crippen molar-refractivity contribution < 1.29 is 9.53 Å². The van der Waals surface area contributed by atoms with Gasteiger partial charge in [0, 0.05) is 30.9 Å². The fraction of sp³-hybridized carbons (Fsp3) is 0.333. The highest BCUT2D eigenvalue weighted by Crippen LogP contribution is 2.18. The molecule has 4 nitrogen and oxygen atoms in total. The number of ether oxygens (including phenoxy) is 1. The van der Waals surface area contributed by atoms with Gasteiger partial charge in [-0.1, -0.05) is 18.2 Å². The van der Waals surface area contributed by atoms with Gasteiger partial charge in [-0.25, -0.2) is 0 Å². The molecule has 0 radical (unpaired) electrons. The predicted octanol–water partition coefficient (Wildman–Crippen LogP) is 2.17. The summed E-state index contributed by atoms with van der Waals surface area (Å²) in [7, 11) is 1.64. The number of nitrogens with two attached hydrogens (primary N) is 1. The van der Waals surface area contributed by atoms with E-state index in [1.54, 1.807) is 13.3 Å². The summed E-state index contributed by atoms with van der Waals surface area (Å²) >= 11 is 0. The largest absolute Gasteiger partial charge is 0.385 e. The zero-order chi connectivity index (χ0) is 13.7. The number of carbonyl (C=O) groups is 1. The number of aromatic nitrogens is 1. The standard InChI is InChI=1S/C15H18N2O2/c1-19-10-4-7-13(16)15(18)12-5-2-8-14-11(12)6-3-9-17-14/h2-3,5-6,8-9,13H,4,7,10,16H2,1H3. The summed E-state index contributed by atoms with van der Waals surface area (Å²) in [4.78, 5) is 16.6. The second kappa shape index (κ2) is 6.41. The Labute approximate surface area is 112 Å². The smallest absolute Gasteiger partial charge is 0.180 e. The monoisotopic (exact) mass is 258 g/mol. The number of fused-ring (bicyclic) bond motifs is 1. The van der Waals surface area contributed by atoms with Crippen molar-refractivity contribution >= 4 is 16.7 Å². The van der Waals surface area contributed by atoms with E-state index >= 15 is 0 Å². The van der Waals surface area contributed by atoms with Crippen LogP contribution in [-0.4, -0.2) is 30.5 Å². The van der Waals surface area contributed by atoms with Crippen LogP contribution in [0, 0.1) is 0 Å². The first-order valence-electron chi connectivity index (χ1n) is 6.36. The molecule has 0 spiro atoms. The van der Waals surface area contributed by atoms with Gasteiger partial charge in [-0.05, 0) is 25.0 Å². The highest BCUT2D eigenvalue weighted by atomic mass is 16.5. The molecule has 100 valence electrons. The van der Waals surface area contributed by atoms with E-state index in [1.165, 1.54) is 0 Å². The third-order valence-electron chi connectivity index (χ3n) is 3.11. The fourth-order valence-corrected chi connectivity index (χ4v) is 2.10. The molecule has 0 fully saturated rings. The summed E-state index contributed by atoms with van der Waals surface area (Å²) in [5, 5.41) is 0.859. The first kappa shape index (κ1) is 13.6. The van der Waals surface area contributed by atoms with Gasteiger partial charge >= 0.3 is 0 Å². The summed E-state index contributed by atoms with van der Waals surface area (Å²) in [6.45, 7) is 0.623. The van der Waals surface area contributed by atoms with Crippen LogP contribution in [0.4, 0.5) is 0 Å².